The highest BCUT2D eigenvalue weighted by Crippen LogP contribution is 2.26. The first-order chi connectivity index (χ1) is 13.9. The lowest BCUT2D eigenvalue weighted by Gasteiger charge is -2.13. The zero-order chi connectivity index (χ0) is 21.0. The lowest BCUT2D eigenvalue weighted by Crippen LogP contribution is -2.09. The Morgan fingerprint density at radius 3 is 2.66 bits per heavy atom. The van der Waals surface area contributed by atoms with Gasteiger partial charge in [-0.05, 0) is 50.2 Å². The molecule has 3 aromatic rings. The van der Waals surface area contributed by atoms with Gasteiger partial charge in [0.05, 0.1) is 13.2 Å². The molecule has 0 fully saturated rings. The number of aromatic nitrogens is 2. The molecule has 5 nitrogen and oxygen atoms in total. The van der Waals surface area contributed by atoms with Crippen LogP contribution >= 0.6 is 11.6 Å². The minimum absolute atomic E-state index is 0.00343. The predicted molar refractivity (Wildman–Crippen MR) is 107 cm³/mol. The summed E-state index contributed by atoms with van der Waals surface area (Å²) in [6.45, 7) is 4.34. The second-order valence-corrected chi connectivity index (χ2v) is 6.80. The van der Waals surface area contributed by atoms with Crippen LogP contribution in [0.1, 0.15) is 29.4 Å². The van der Waals surface area contributed by atoms with E-state index in [0.717, 1.165) is 17.3 Å². The second-order valence-electron chi connectivity index (χ2n) is 6.37. The third kappa shape index (κ3) is 5.12. The van der Waals surface area contributed by atoms with Crippen LogP contribution < -0.4 is 4.74 Å². The molecule has 0 radical (unpaired) electrons. The number of rotatable bonds is 7. The van der Waals surface area contributed by atoms with E-state index in [1.165, 1.54) is 12.1 Å². The van der Waals surface area contributed by atoms with Gasteiger partial charge in [-0.25, -0.2) is 8.78 Å². The summed E-state index contributed by atoms with van der Waals surface area (Å²) in [5, 5.41) is 12.8. The molecule has 2 aromatic carbocycles. The fourth-order valence-electron chi connectivity index (χ4n) is 2.77. The average Bonchev–Trinajstić information content (AvgIpc) is 3.03. The topological polar surface area (TPSA) is 60.1 Å². The average molecular weight is 420 g/mol. The molecule has 8 heteroatoms. The summed E-state index contributed by atoms with van der Waals surface area (Å²) in [5.41, 5.74) is 2.25. The molecule has 29 heavy (non-hydrogen) atoms. The van der Waals surface area contributed by atoms with Gasteiger partial charge in [-0.2, -0.15) is 5.10 Å². The van der Waals surface area contributed by atoms with Crippen LogP contribution in [-0.2, 0) is 17.9 Å². The van der Waals surface area contributed by atoms with E-state index in [0.29, 0.717) is 29.6 Å². The first-order valence-corrected chi connectivity index (χ1v) is 9.36. The van der Waals surface area contributed by atoms with Gasteiger partial charge in [-0.1, -0.05) is 11.6 Å². The van der Waals surface area contributed by atoms with Gasteiger partial charge in [-0.3, -0.25) is 10.1 Å². The number of halogens is 3. The molecule has 0 saturated heterocycles. The molecule has 1 heterocycles. The van der Waals surface area contributed by atoms with E-state index in [4.69, 9.17) is 26.5 Å². The van der Waals surface area contributed by atoms with Gasteiger partial charge in [0.15, 0.2) is 0 Å². The first kappa shape index (κ1) is 20.8. The molecule has 0 bridgehead atoms. The van der Waals surface area contributed by atoms with E-state index in [1.807, 2.05) is 6.92 Å². The number of nitrogens with one attached hydrogen (secondary N) is 1. The van der Waals surface area contributed by atoms with E-state index < -0.39 is 11.6 Å². The maximum Gasteiger partial charge on any atom is 0.234 e. The van der Waals surface area contributed by atoms with Crippen LogP contribution in [0.2, 0.25) is 5.02 Å². The fraction of sp³-hybridized carbons (Fsp3) is 0.238. The summed E-state index contributed by atoms with van der Waals surface area (Å²) in [7, 11) is 0. The van der Waals surface area contributed by atoms with Gasteiger partial charge in [0.2, 0.25) is 5.90 Å². The van der Waals surface area contributed by atoms with Crippen molar-refractivity contribution in [3.8, 4) is 5.75 Å². The molecule has 1 aromatic heterocycles. The minimum Gasteiger partial charge on any atom is -0.488 e. The van der Waals surface area contributed by atoms with Crippen LogP contribution in [0, 0.1) is 24.0 Å². The normalized spacial score (nSPS) is 10.8. The zero-order valence-corrected chi connectivity index (χ0v) is 16.8. The van der Waals surface area contributed by atoms with Crippen molar-refractivity contribution in [2.75, 3.05) is 6.61 Å². The largest absolute Gasteiger partial charge is 0.488 e. The summed E-state index contributed by atoms with van der Waals surface area (Å²) in [4.78, 5) is 0. The lowest BCUT2D eigenvalue weighted by molar-refractivity contribution is 0.295. The number of ether oxygens (including phenoxy) is 2. The Balaban J connectivity index is 1.81. The van der Waals surface area contributed by atoms with Crippen LogP contribution in [0.5, 0.6) is 5.75 Å². The highest BCUT2D eigenvalue weighted by atomic mass is 35.5. The molecule has 1 N–H and O–H groups in total. The summed E-state index contributed by atoms with van der Waals surface area (Å²) in [5.74, 6) is -0.790. The van der Waals surface area contributed by atoms with E-state index in [1.54, 1.807) is 35.9 Å². The van der Waals surface area contributed by atoms with Gasteiger partial charge in [-0.15, -0.1) is 0 Å². The summed E-state index contributed by atoms with van der Waals surface area (Å²) < 4.78 is 39.6. The summed E-state index contributed by atoms with van der Waals surface area (Å²) in [6.07, 6.45) is 0. The molecule has 0 amide bonds. The number of hydrogen-bond acceptors (Lipinski definition) is 4. The smallest absolute Gasteiger partial charge is 0.234 e. The van der Waals surface area contributed by atoms with Gasteiger partial charge in [0.25, 0.3) is 0 Å². The molecular formula is C21H20ClF2N3O2. The van der Waals surface area contributed by atoms with Crippen molar-refractivity contribution >= 4 is 17.5 Å². The predicted octanol–water partition coefficient (Wildman–Crippen LogP) is 5.11. The Hall–Kier alpha value is -2.93. The van der Waals surface area contributed by atoms with Crippen LogP contribution in [-0.4, -0.2) is 22.3 Å². The van der Waals surface area contributed by atoms with Crippen molar-refractivity contribution < 1.29 is 18.3 Å². The monoisotopic (exact) mass is 419 g/mol. The van der Waals surface area contributed by atoms with Gasteiger partial charge in [0.1, 0.15) is 29.7 Å². The Kier molecular flexibility index (Phi) is 6.49. The van der Waals surface area contributed by atoms with Crippen molar-refractivity contribution in [1.29, 1.82) is 5.41 Å². The fourth-order valence-corrected chi connectivity index (χ4v) is 2.96. The number of hydrogen-bond donors (Lipinski definition) is 1. The first-order valence-electron chi connectivity index (χ1n) is 8.98. The van der Waals surface area contributed by atoms with Crippen molar-refractivity contribution in [2.45, 2.75) is 27.0 Å². The minimum atomic E-state index is -0.664. The van der Waals surface area contributed by atoms with Crippen LogP contribution in [0.3, 0.4) is 0 Å². The van der Waals surface area contributed by atoms with Crippen molar-refractivity contribution in [1.82, 2.24) is 9.78 Å². The van der Waals surface area contributed by atoms with Gasteiger partial charge < -0.3 is 9.47 Å². The third-order valence-corrected chi connectivity index (χ3v) is 4.48. The summed E-state index contributed by atoms with van der Waals surface area (Å²) >= 11 is 6.14. The Morgan fingerprint density at radius 2 is 1.93 bits per heavy atom. The molecule has 0 unspecified atom stereocenters. The van der Waals surface area contributed by atoms with E-state index in [-0.39, 0.29) is 18.1 Å². The maximum absolute atomic E-state index is 13.9. The van der Waals surface area contributed by atoms with Crippen molar-refractivity contribution in [3.63, 3.8) is 0 Å². The zero-order valence-electron chi connectivity index (χ0n) is 16.0. The van der Waals surface area contributed by atoms with Crippen LogP contribution in [0.4, 0.5) is 8.78 Å². The second kappa shape index (κ2) is 9.05. The Bertz CT molecular complexity index is 1040. The Labute approximate surface area is 172 Å². The number of benzene rings is 2. The lowest BCUT2D eigenvalue weighted by atomic mass is 10.2. The highest BCUT2D eigenvalue weighted by Gasteiger charge is 2.14. The molecule has 0 aliphatic rings. The molecule has 0 spiro atoms. The number of nitrogens with zero attached hydrogens (tertiary/aromatic N) is 2. The molecule has 0 atom stereocenters. The van der Waals surface area contributed by atoms with E-state index in [9.17, 15) is 8.78 Å². The SMILES string of the molecule is CCOC(=N)c1cc(C)n(Cc2cc(Cl)ccc2OCc2ccc(F)cc2F)n1. The quantitative estimate of drug-likeness (QED) is 0.427. The van der Waals surface area contributed by atoms with Crippen LogP contribution in [0.25, 0.3) is 0 Å². The van der Waals surface area contributed by atoms with Crippen LogP contribution in [0.15, 0.2) is 42.5 Å². The molecule has 3 rings (SSSR count). The third-order valence-electron chi connectivity index (χ3n) is 4.24. The van der Waals surface area contributed by atoms with Crippen molar-refractivity contribution in [2.24, 2.45) is 0 Å². The van der Waals surface area contributed by atoms with Gasteiger partial charge >= 0.3 is 0 Å². The summed E-state index contributed by atoms with van der Waals surface area (Å²) in [6, 6.07) is 10.2. The van der Waals surface area contributed by atoms with E-state index in [2.05, 4.69) is 5.10 Å². The maximum atomic E-state index is 13.9. The van der Waals surface area contributed by atoms with Crippen molar-refractivity contribution in [3.05, 3.63) is 81.6 Å². The number of aryl methyl sites for hydroxylation is 1. The Morgan fingerprint density at radius 1 is 1.14 bits per heavy atom. The molecule has 0 aliphatic heterocycles. The highest BCUT2D eigenvalue weighted by molar-refractivity contribution is 6.30. The van der Waals surface area contributed by atoms with Gasteiger partial charge in [0, 0.05) is 27.9 Å². The molecule has 152 valence electrons. The molecule has 0 saturated carbocycles. The molecule has 0 aliphatic carbocycles. The van der Waals surface area contributed by atoms with E-state index >= 15 is 0 Å². The standard InChI is InChI=1S/C21H20ClF2N3O2/c1-3-28-21(25)19-8-13(2)27(26-19)11-15-9-16(22)5-7-20(15)29-12-14-4-6-17(23)10-18(14)24/h4-10,25H,3,11-12H2,1-2H3. The molecular weight excluding hydrogens is 400 g/mol.